The standard InChI is InChI=1S/C8H12BrN3O/c9-8-11-7(13-12-8)5-1-3-6(10)4-2-5/h5-6H,1-4,10H2. The minimum absolute atomic E-state index is 0.364. The number of rotatable bonds is 1. The first-order valence-electron chi connectivity index (χ1n) is 4.50. The van der Waals surface area contributed by atoms with Crippen molar-refractivity contribution in [3.63, 3.8) is 0 Å². The van der Waals surface area contributed by atoms with Gasteiger partial charge in [-0.3, -0.25) is 0 Å². The fourth-order valence-electron chi connectivity index (χ4n) is 1.75. The Hall–Kier alpha value is -0.420. The van der Waals surface area contributed by atoms with Crippen LogP contribution in [-0.2, 0) is 0 Å². The molecule has 0 aliphatic heterocycles. The van der Waals surface area contributed by atoms with Gasteiger partial charge in [0.2, 0.25) is 10.6 Å². The summed E-state index contributed by atoms with van der Waals surface area (Å²) < 4.78 is 5.63. The highest BCUT2D eigenvalue weighted by atomic mass is 79.9. The first-order chi connectivity index (χ1) is 6.25. The zero-order valence-electron chi connectivity index (χ0n) is 7.24. The minimum Gasteiger partial charge on any atom is -0.338 e. The summed E-state index contributed by atoms with van der Waals surface area (Å²) in [5, 5.41) is 3.71. The van der Waals surface area contributed by atoms with Crippen molar-refractivity contribution in [1.29, 1.82) is 0 Å². The molecule has 5 heteroatoms. The van der Waals surface area contributed by atoms with E-state index < -0.39 is 0 Å². The molecule has 72 valence electrons. The van der Waals surface area contributed by atoms with Gasteiger partial charge in [0.1, 0.15) is 0 Å². The van der Waals surface area contributed by atoms with Gasteiger partial charge in [0, 0.05) is 12.0 Å². The maximum Gasteiger partial charge on any atom is 0.238 e. The van der Waals surface area contributed by atoms with Crippen molar-refractivity contribution in [3.8, 4) is 0 Å². The van der Waals surface area contributed by atoms with Gasteiger partial charge in [0.25, 0.3) is 0 Å². The van der Waals surface area contributed by atoms with Gasteiger partial charge >= 0.3 is 0 Å². The van der Waals surface area contributed by atoms with Crippen LogP contribution in [0.5, 0.6) is 0 Å². The molecule has 2 N–H and O–H groups in total. The van der Waals surface area contributed by atoms with E-state index in [2.05, 4.69) is 26.1 Å². The van der Waals surface area contributed by atoms with E-state index in [0.717, 1.165) is 31.6 Å². The van der Waals surface area contributed by atoms with Gasteiger partial charge in [-0.2, -0.15) is 4.98 Å². The molecule has 1 fully saturated rings. The fraction of sp³-hybridized carbons (Fsp3) is 0.750. The smallest absolute Gasteiger partial charge is 0.238 e. The molecular formula is C8H12BrN3O. The van der Waals surface area contributed by atoms with Crippen LogP contribution in [0.3, 0.4) is 0 Å². The summed E-state index contributed by atoms with van der Waals surface area (Å²) >= 11 is 3.17. The molecule has 1 saturated carbocycles. The van der Waals surface area contributed by atoms with Crippen molar-refractivity contribution < 1.29 is 4.52 Å². The molecular weight excluding hydrogens is 234 g/mol. The van der Waals surface area contributed by atoms with Crippen LogP contribution in [0.15, 0.2) is 9.26 Å². The topological polar surface area (TPSA) is 64.9 Å². The zero-order valence-corrected chi connectivity index (χ0v) is 8.83. The van der Waals surface area contributed by atoms with Crippen molar-refractivity contribution in [3.05, 3.63) is 10.6 Å². The summed E-state index contributed by atoms with van der Waals surface area (Å²) in [5.74, 6) is 1.16. The maximum atomic E-state index is 5.80. The molecule has 0 saturated heterocycles. The highest BCUT2D eigenvalue weighted by molar-refractivity contribution is 9.10. The molecule has 0 bridgehead atoms. The van der Waals surface area contributed by atoms with Crippen LogP contribution >= 0.6 is 15.9 Å². The Balaban J connectivity index is 2.02. The Kier molecular flexibility index (Phi) is 2.64. The SMILES string of the molecule is NC1CCC(c2nc(Br)no2)CC1. The van der Waals surface area contributed by atoms with Crippen LogP contribution in [-0.4, -0.2) is 16.2 Å². The first kappa shape index (κ1) is 9.15. The van der Waals surface area contributed by atoms with Crippen LogP contribution in [0.2, 0.25) is 0 Å². The lowest BCUT2D eigenvalue weighted by atomic mass is 9.86. The third-order valence-electron chi connectivity index (χ3n) is 2.54. The molecule has 0 radical (unpaired) electrons. The number of aromatic nitrogens is 2. The predicted octanol–water partition coefficient (Wildman–Crippen LogP) is 1.82. The summed E-state index contributed by atoms with van der Waals surface area (Å²) in [5.41, 5.74) is 5.80. The molecule has 0 amide bonds. The van der Waals surface area contributed by atoms with Crippen LogP contribution in [0.4, 0.5) is 0 Å². The van der Waals surface area contributed by atoms with Gasteiger partial charge in [-0.15, -0.1) is 0 Å². The Bertz CT molecular complexity index is 281. The van der Waals surface area contributed by atoms with E-state index in [0.29, 0.717) is 16.7 Å². The van der Waals surface area contributed by atoms with E-state index >= 15 is 0 Å². The lowest BCUT2D eigenvalue weighted by molar-refractivity contribution is 0.300. The van der Waals surface area contributed by atoms with E-state index in [9.17, 15) is 0 Å². The molecule has 1 aliphatic rings. The van der Waals surface area contributed by atoms with E-state index in [4.69, 9.17) is 10.3 Å². The summed E-state index contributed by atoms with van der Waals surface area (Å²) in [6.07, 6.45) is 4.25. The Morgan fingerprint density at radius 1 is 1.31 bits per heavy atom. The van der Waals surface area contributed by atoms with Crippen molar-refractivity contribution in [2.45, 2.75) is 37.6 Å². The van der Waals surface area contributed by atoms with Crippen LogP contribution in [0, 0.1) is 0 Å². The molecule has 2 rings (SSSR count). The highest BCUT2D eigenvalue weighted by Crippen LogP contribution is 2.31. The number of nitrogens with two attached hydrogens (primary N) is 1. The van der Waals surface area contributed by atoms with Crippen molar-refractivity contribution in [1.82, 2.24) is 10.1 Å². The maximum absolute atomic E-state index is 5.80. The first-order valence-corrected chi connectivity index (χ1v) is 5.29. The Labute approximate surface area is 85.0 Å². The molecule has 0 atom stereocenters. The fourth-order valence-corrected chi connectivity index (χ4v) is 2.00. The minimum atomic E-state index is 0.364. The largest absolute Gasteiger partial charge is 0.338 e. The lowest BCUT2D eigenvalue weighted by Gasteiger charge is -2.22. The molecule has 4 nitrogen and oxygen atoms in total. The number of hydrogen-bond donors (Lipinski definition) is 1. The van der Waals surface area contributed by atoms with Crippen LogP contribution < -0.4 is 5.73 Å². The van der Waals surface area contributed by atoms with Gasteiger partial charge in [-0.1, -0.05) is 0 Å². The van der Waals surface area contributed by atoms with E-state index in [1.807, 2.05) is 0 Å². The monoisotopic (exact) mass is 245 g/mol. The van der Waals surface area contributed by atoms with E-state index in [1.54, 1.807) is 0 Å². The molecule has 1 aliphatic carbocycles. The zero-order chi connectivity index (χ0) is 9.26. The second-order valence-corrected chi connectivity index (χ2v) is 4.22. The van der Waals surface area contributed by atoms with Gasteiger partial charge in [0.05, 0.1) is 0 Å². The highest BCUT2D eigenvalue weighted by Gasteiger charge is 2.24. The summed E-state index contributed by atoms with van der Waals surface area (Å²) in [6, 6.07) is 0.364. The molecule has 13 heavy (non-hydrogen) atoms. The molecule has 0 aromatic carbocycles. The Morgan fingerprint density at radius 3 is 2.54 bits per heavy atom. The van der Waals surface area contributed by atoms with Gasteiger partial charge < -0.3 is 10.3 Å². The second-order valence-electron chi connectivity index (χ2n) is 3.51. The van der Waals surface area contributed by atoms with Gasteiger partial charge in [0.15, 0.2) is 0 Å². The molecule has 1 heterocycles. The predicted molar refractivity (Wildman–Crippen MR) is 51.2 cm³/mol. The van der Waals surface area contributed by atoms with Crippen molar-refractivity contribution >= 4 is 15.9 Å². The molecule has 1 aromatic heterocycles. The van der Waals surface area contributed by atoms with Crippen molar-refractivity contribution in [2.24, 2.45) is 5.73 Å². The van der Waals surface area contributed by atoms with Crippen LogP contribution in [0.25, 0.3) is 0 Å². The lowest BCUT2D eigenvalue weighted by Crippen LogP contribution is -2.25. The average Bonchev–Trinajstić information content (AvgIpc) is 2.53. The normalized spacial score (nSPS) is 29.1. The number of nitrogens with zero attached hydrogens (tertiary/aromatic N) is 2. The molecule has 1 aromatic rings. The second kappa shape index (κ2) is 3.75. The van der Waals surface area contributed by atoms with E-state index in [-0.39, 0.29) is 0 Å². The molecule has 0 unspecified atom stereocenters. The third kappa shape index (κ3) is 2.08. The summed E-state index contributed by atoms with van der Waals surface area (Å²) in [4.78, 5) is 4.16. The van der Waals surface area contributed by atoms with Crippen molar-refractivity contribution in [2.75, 3.05) is 0 Å². The average molecular weight is 246 g/mol. The van der Waals surface area contributed by atoms with Gasteiger partial charge in [-0.25, -0.2) is 0 Å². The number of halogens is 1. The Morgan fingerprint density at radius 2 is 2.00 bits per heavy atom. The summed E-state index contributed by atoms with van der Waals surface area (Å²) in [6.45, 7) is 0. The number of hydrogen-bond acceptors (Lipinski definition) is 4. The molecule has 0 spiro atoms. The summed E-state index contributed by atoms with van der Waals surface area (Å²) in [7, 11) is 0. The third-order valence-corrected chi connectivity index (χ3v) is 2.86. The van der Waals surface area contributed by atoms with Gasteiger partial charge in [-0.05, 0) is 46.8 Å². The van der Waals surface area contributed by atoms with E-state index in [1.165, 1.54) is 0 Å². The van der Waals surface area contributed by atoms with Crippen LogP contribution in [0.1, 0.15) is 37.5 Å². The quantitative estimate of drug-likeness (QED) is 0.820.